The Labute approximate surface area is 103 Å². The quantitative estimate of drug-likeness (QED) is 0.746. The second kappa shape index (κ2) is 6.63. The number of benzene rings is 1. The lowest BCUT2D eigenvalue weighted by molar-refractivity contribution is -0.117. The third-order valence-corrected chi connectivity index (χ3v) is 2.73. The molecule has 1 aromatic rings. The predicted molar refractivity (Wildman–Crippen MR) is 64.1 cm³/mol. The van der Waals surface area contributed by atoms with Gasteiger partial charge in [0.15, 0.2) is 0 Å². The van der Waals surface area contributed by atoms with Crippen molar-refractivity contribution in [3.63, 3.8) is 0 Å². The molecule has 0 aliphatic rings. The van der Waals surface area contributed by atoms with Crippen LogP contribution in [0, 0.1) is 5.82 Å². The van der Waals surface area contributed by atoms with Crippen LogP contribution in [-0.4, -0.2) is 12.4 Å². The van der Waals surface area contributed by atoms with Gasteiger partial charge >= 0.3 is 0 Å². The first-order valence-electron chi connectivity index (χ1n) is 5.17. The number of halogens is 2. The van der Waals surface area contributed by atoms with Gasteiger partial charge in [0.25, 0.3) is 0 Å². The van der Waals surface area contributed by atoms with E-state index in [0.717, 1.165) is 12.8 Å². The zero-order valence-electron chi connectivity index (χ0n) is 9.13. The van der Waals surface area contributed by atoms with Crippen molar-refractivity contribution in [2.45, 2.75) is 26.2 Å². The van der Waals surface area contributed by atoms with Crippen molar-refractivity contribution in [1.29, 1.82) is 0 Å². The summed E-state index contributed by atoms with van der Waals surface area (Å²) in [6, 6.07) is 4.66. The van der Waals surface area contributed by atoms with Crippen LogP contribution in [0.3, 0.4) is 0 Å². The largest absolute Gasteiger partial charge is 0.493 e. The number of rotatable bonds is 6. The molecule has 0 saturated carbocycles. The minimum absolute atomic E-state index is 0.190. The Morgan fingerprint density at radius 2 is 2.19 bits per heavy atom. The zero-order valence-corrected chi connectivity index (χ0v) is 10.7. The van der Waals surface area contributed by atoms with Crippen LogP contribution in [0.1, 0.15) is 26.2 Å². The fraction of sp³-hybridized carbons (Fsp3) is 0.417. The Morgan fingerprint density at radius 3 is 2.81 bits per heavy atom. The van der Waals surface area contributed by atoms with Crippen LogP contribution in [-0.2, 0) is 4.79 Å². The molecule has 0 N–H and O–H groups in total. The summed E-state index contributed by atoms with van der Waals surface area (Å²) >= 11 is 3.07. The van der Waals surface area contributed by atoms with Gasteiger partial charge in [-0.25, -0.2) is 4.39 Å². The van der Waals surface area contributed by atoms with Crippen LogP contribution < -0.4 is 4.74 Å². The van der Waals surface area contributed by atoms with Crippen molar-refractivity contribution in [3.05, 3.63) is 28.5 Å². The second-order valence-electron chi connectivity index (χ2n) is 3.58. The highest BCUT2D eigenvalue weighted by atomic mass is 79.9. The monoisotopic (exact) mass is 288 g/mol. The van der Waals surface area contributed by atoms with E-state index in [4.69, 9.17) is 4.74 Å². The molecule has 0 radical (unpaired) electrons. The highest BCUT2D eigenvalue weighted by Gasteiger charge is 2.01. The van der Waals surface area contributed by atoms with Gasteiger partial charge in [-0.3, -0.25) is 0 Å². The number of ketones is 1. The highest BCUT2D eigenvalue weighted by Crippen LogP contribution is 2.21. The molecule has 0 amide bonds. The maximum atomic E-state index is 13.1. The molecular formula is C12H14BrFO2. The molecule has 0 unspecified atom stereocenters. The summed E-state index contributed by atoms with van der Waals surface area (Å²) in [6.45, 7) is 2.08. The molecule has 0 heterocycles. The normalized spacial score (nSPS) is 10.2. The van der Waals surface area contributed by atoms with E-state index in [2.05, 4.69) is 15.9 Å². The van der Waals surface area contributed by atoms with E-state index >= 15 is 0 Å². The van der Waals surface area contributed by atoms with E-state index in [1.165, 1.54) is 6.07 Å². The molecule has 0 aliphatic heterocycles. The molecule has 0 bridgehead atoms. The van der Waals surface area contributed by atoms with Crippen molar-refractivity contribution in [2.24, 2.45) is 0 Å². The fourth-order valence-corrected chi connectivity index (χ4v) is 1.48. The lowest BCUT2D eigenvalue weighted by Crippen LogP contribution is -1.99. The molecular weight excluding hydrogens is 275 g/mol. The molecule has 1 rings (SSSR count). The maximum absolute atomic E-state index is 13.1. The summed E-state index contributed by atoms with van der Waals surface area (Å²) in [5, 5.41) is 0. The van der Waals surface area contributed by atoms with Gasteiger partial charge < -0.3 is 9.53 Å². The summed E-state index contributed by atoms with van der Waals surface area (Å²) in [5.74, 6) is 0.374. The van der Waals surface area contributed by atoms with Gasteiger partial charge in [0.05, 0.1) is 11.1 Å². The summed E-state index contributed by atoms with van der Waals surface area (Å²) in [7, 11) is 0. The Bertz CT molecular complexity index is 366. The second-order valence-corrected chi connectivity index (χ2v) is 4.44. The Kier molecular flexibility index (Phi) is 5.46. The van der Waals surface area contributed by atoms with Crippen molar-refractivity contribution >= 4 is 21.7 Å². The van der Waals surface area contributed by atoms with Crippen LogP contribution in [0.4, 0.5) is 4.39 Å². The first-order chi connectivity index (χ1) is 7.59. The average Bonchev–Trinajstić information content (AvgIpc) is 2.22. The molecule has 88 valence electrons. The minimum atomic E-state index is -0.332. The molecule has 0 aromatic heterocycles. The molecule has 0 saturated heterocycles. The van der Waals surface area contributed by atoms with Crippen molar-refractivity contribution < 1.29 is 13.9 Å². The summed E-state index contributed by atoms with van der Waals surface area (Å²) < 4.78 is 18.9. The van der Waals surface area contributed by atoms with Gasteiger partial charge in [0, 0.05) is 12.5 Å². The number of unbranched alkanes of at least 4 members (excludes halogenated alkanes) is 1. The summed E-state index contributed by atoms with van der Waals surface area (Å²) in [6.07, 6.45) is 2.20. The van der Waals surface area contributed by atoms with Crippen molar-refractivity contribution in [2.75, 3.05) is 6.61 Å². The molecule has 0 atom stereocenters. The topological polar surface area (TPSA) is 26.3 Å². The van der Waals surface area contributed by atoms with Crippen LogP contribution in [0.2, 0.25) is 0 Å². The van der Waals surface area contributed by atoms with Gasteiger partial charge in [0.2, 0.25) is 0 Å². The van der Waals surface area contributed by atoms with E-state index in [0.29, 0.717) is 23.2 Å². The first kappa shape index (κ1) is 13.2. The zero-order chi connectivity index (χ0) is 12.0. The van der Waals surface area contributed by atoms with Gasteiger partial charge in [0.1, 0.15) is 17.3 Å². The molecule has 1 aromatic carbocycles. The summed E-state index contributed by atoms with van der Waals surface area (Å²) in [5.41, 5.74) is 0. The lowest BCUT2D eigenvalue weighted by atomic mass is 10.2. The SMILES string of the molecule is CC(=O)CCCCOc1ccc(Br)c(F)c1. The van der Waals surface area contributed by atoms with E-state index in [1.54, 1.807) is 19.1 Å². The third-order valence-electron chi connectivity index (χ3n) is 2.08. The number of Topliss-reactive ketones (excluding diaryl/α,β-unsaturated/α-hetero) is 1. The first-order valence-corrected chi connectivity index (χ1v) is 5.96. The molecule has 0 aliphatic carbocycles. The van der Waals surface area contributed by atoms with Crippen molar-refractivity contribution in [1.82, 2.24) is 0 Å². The Hall–Kier alpha value is -0.900. The highest BCUT2D eigenvalue weighted by molar-refractivity contribution is 9.10. The average molecular weight is 289 g/mol. The van der Waals surface area contributed by atoms with E-state index < -0.39 is 0 Å². The van der Waals surface area contributed by atoms with Crippen LogP contribution in [0.5, 0.6) is 5.75 Å². The molecule has 2 nitrogen and oxygen atoms in total. The predicted octanol–water partition coefficient (Wildman–Crippen LogP) is 3.73. The number of hydrogen-bond acceptors (Lipinski definition) is 2. The number of ether oxygens (including phenoxy) is 1. The number of carbonyl (C=O) groups excluding carboxylic acids is 1. The maximum Gasteiger partial charge on any atom is 0.141 e. The number of hydrogen-bond donors (Lipinski definition) is 0. The Balaban J connectivity index is 2.27. The standard InChI is InChI=1S/C12H14BrFO2/c1-9(15)4-2-3-7-16-10-5-6-11(13)12(14)8-10/h5-6,8H,2-4,7H2,1H3. The third kappa shape index (κ3) is 4.75. The van der Waals surface area contributed by atoms with E-state index in [1.807, 2.05) is 0 Å². The van der Waals surface area contributed by atoms with Gasteiger partial charge in [-0.05, 0) is 47.8 Å². The molecule has 4 heteroatoms. The fourth-order valence-electron chi connectivity index (χ4n) is 1.23. The van der Waals surface area contributed by atoms with E-state index in [9.17, 15) is 9.18 Å². The van der Waals surface area contributed by atoms with Crippen molar-refractivity contribution in [3.8, 4) is 5.75 Å². The van der Waals surface area contributed by atoms with Crippen LogP contribution in [0.15, 0.2) is 22.7 Å². The Morgan fingerprint density at radius 1 is 1.44 bits per heavy atom. The van der Waals surface area contributed by atoms with Gasteiger partial charge in [-0.15, -0.1) is 0 Å². The molecule has 0 spiro atoms. The minimum Gasteiger partial charge on any atom is -0.493 e. The van der Waals surface area contributed by atoms with Gasteiger partial charge in [-0.2, -0.15) is 0 Å². The molecule has 16 heavy (non-hydrogen) atoms. The van der Waals surface area contributed by atoms with Crippen LogP contribution in [0.25, 0.3) is 0 Å². The number of carbonyl (C=O) groups is 1. The van der Waals surface area contributed by atoms with Crippen LogP contribution >= 0.6 is 15.9 Å². The molecule has 0 fully saturated rings. The van der Waals surface area contributed by atoms with E-state index in [-0.39, 0.29) is 11.6 Å². The smallest absolute Gasteiger partial charge is 0.141 e. The lowest BCUT2D eigenvalue weighted by Gasteiger charge is -2.06. The summed E-state index contributed by atoms with van der Waals surface area (Å²) in [4.78, 5) is 10.7. The van der Waals surface area contributed by atoms with Gasteiger partial charge in [-0.1, -0.05) is 0 Å².